The van der Waals surface area contributed by atoms with Crippen LogP contribution in [0.4, 0.5) is 0 Å². The van der Waals surface area contributed by atoms with Gasteiger partial charge in [-0.15, -0.1) is 0 Å². The van der Waals surface area contributed by atoms with Crippen molar-refractivity contribution in [2.45, 2.75) is 25.6 Å². The van der Waals surface area contributed by atoms with Crippen molar-refractivity contribution in [2.24, 2.45) is 0 Å². The van der Waals surface area contributed by atoms with Gasteiger partial charge >= 0.3 is 0 Å². The molecule has 3 heterocycles. The van der Waals surface area contributed by atoms with E-state index in [1.807, 2.05) is 23.1 Å². The molecule has 0 aliphatic carbocycles. The van der Waals surface area contributed by atoms with E-state index in [2.05, 4.69) is 15.0 Å². The topological polar surface area (TPSA) is 68.2 Å². The van der Waals surface area contributed by atoms with Crippen molar-refractivity contribution in [3.8, 4) is 0 Å². The summed E-state index contributed by atoms with van der Waals surface area (Å²) in [6, 6.07) is 5.79. The van der Waals surface area contributed by atoms with Crippen LogP contribution in [0.5, 0.6) is 0 Å². The van der Waals surface area contributed by atoms with E-state index >= 15 is 0 Å². The normalized spacial score (nSPS) is 15.7. The summed E-state index contributed by atoms with van der Waals surface area (Å²) in [7, 11) is 0. The van der Waals surface area contributed by atoms with Gasteiger partial charge in [0.1, 0.15) is 5.69 Å². The minimum absolute atomic E-state index is 0.0590. The van der Waals surface area contributed by atoms with Crippen molar-refractivity contribution in [1.29, 1.82) is 0 Å². The van der Waals surface area contributed by atoms with E-state index < -0.39 is 0 Å². The van der Waals surface area contributed by atoms with Crippen molar-refractivity contribution >= 4 is 5.91 Å². The smallest absolute Gasteiger partial charge is 0.274 e. The first-order valence-corrected chi connectivity index (χ1v) is 7.40. The van der Waals surface area contributed by atoms with Gasteiger partial charge in [-0.1, -0.05) is 6.07 Å². The van der Waals surface area contributed by atoms with Crippen molar-refractivity contribution in [1.82, 2.24) is 19.9 Å². The van der Waals surface area contributed by atoms with Crippen LogP contribution in [0.15, 0.2) is 43.0 Å². The number of pyridine rings is 1. The number of carbonyl (C=O) groups excluding carboxylic acids is 1. The lowest BCUT2D eigenvalue weighted by Crippen LogP contribution is -2.41. The summed E-state index contributed by atoms with van der Waals surface area (Å²) in [6.45, 7) is 1.88. The predicted molar refractivity (Wildman–Crippen MR) is 80.0 cm³/mol. The number of ether oxygens (including phenoxy) is 1. The Morgan fingerprint density at radius 2 is 2.05 bits per heavy atom. The fourth-order valence-corrected chi connectivity index (χ4v) is 2.48. The Labute approximate surface area is 129 Å². The molecule has 1 saturated heterocycles. The van der Waals surface area contributed by atoms with Gasteiger partial charge in [0.25, 0.3) is 5.91 Å². The lowest BCUT2D eigenvalue weighted by molar-refractivity contribution is -0.00174. The van der Waals surface area contributed by atoms with Crippen LogP contribution in [0.1, 0.15) is 29.0 Å². The van der Waals surface area contributed by atoms with Crippen LogP contribution in [-0.4, -0.2) is 45.0 Å². The lowest BCUT2D eigenvalue weighted by Gasteiger charge is -2.31. The highest BCUT2D eigenvalue weighted by atomic mass is 16.5. The Morgan fingerprint density at radius 1 is 1.18 bits per heavy atom. The molecule has 6 heteroatoms. The molecule has 0 radical (unpaired) electrons. The Balaban J connectivity index is 1.47. The molecule has 1 aliphatic rings. The highest BCUT2D eigenvalue weighted by molar-refractivity contribution is 5.92. The van der Waals surface area contributed by atoms with Crippen molar-refractivity contribution < 1.29 is 9.53 Å². The first-order chi connectivity index (χ1) is 10.8. The minimum Gasteiger partial charge on any atom is -0.372 e. The van der Waals surface area contributed by atoms with Crippen LogP contribution in [0.3, 0.4) is 0 Å². The summed E-state index contributed by atoms with van der Waals surface area (Å²) in [5.74, 6) is -0.0590. The van der Waals surface area contributed by atoms with E-state index in [1.54, 1.807) is 12.4 Å². The average molecular weight is 298 g/mol. The maximum absolute atomic E-state index is 12.3. The zero-order valence-corrected chi connectivity index (χ0v) is 12.3. The largest absolute Gasteiger partial charge is 0.372 e. The third-order valence-corrected chi connectivity index (χ3v) is 3.70. The number of rotatable bonds is 4. The highest BCUT2D eigenvalue weighted by Crippen LogP contribution is 2.16. The lowest BCUT2D eigenvalue weighted by atomic mass is 10.1. The standard InChI is InChI=1S/C16H18N4O2/c21-16(15-11-17-7-8-19-15)20-9-4-14(5-10-20)22-12-13-3-1-2-6-18-13/h1-3,6-8,11,14H,4-5,9-10,12H2. The number of aromatic nitrogens is 3. The molecule has 0 atom stereocenters. The molecule has 22 heavy (non-hydrogen) atoms. The molecule has 0 unspecified atom stereocenters. The molecule has 0 saturated carbocycles. The molecular formula is C16H18N4O2. The highest BCUT2D eigenvalue weighted by Gasteiger charge is 2.24. The zero-order chi connectivity index (χ0) is 15.2. The van der Waals surface area contributed by atoms with Gasteiger partial charge in [-0.2, -0.15) is 0 Å². The van der Waals surface area contributed by atoms with E-state index in [9.17, 15) is 4.79 Å². The fourth-order valence-electron chi connectivity index (χ4n) is 2.48. The molecule has 0 spiro atoms. The SMILES string of the molecule is O=C(c1cnccn1)N1CCC(OCc2ccccn2)CC1. The monoisotopic (exact) mass is 298 g/mol. The number of hydrogen-bond acceptors (Lipinski definition) is 5. The van der Waals surface area contributed by atoms with E-state index in [-0.39, 0.29) is 12.0 Å². The van der Waals surface area contributed by atoms with Gasteiger partial charge in [0.2, 0.25) is 0 Å². The third-order valence-electron chi connectivity index (χ3n) is 3.70. The number of nitrogens with zero attached hydrogens (tertiary/aromatic N) is 4. The predicted octanol–water partition coefficient (Wildman–Crippen LogP) is 1.69. The van der Waals surface area contributed by atoms with Crippen LogP contribution in [0, 0.1) is 0 Å². The van der Waals surface area contributed by atoms with Gasteiger partial charge in [-0.05, 0) is 25.0 Å². The van der Waals surface area contributed by atoms with Crippen molar-refractivity contribution in [3.05, 3.63) is 54.4 Å². The molecule has 1 aliphatic heterocycles. The fraction of sp³-hybridized carbons (Fsp3) is 0.375. The molecule has 1 amide bonds. The molecule has 3 rings (SSSR count). The summed E-state index contributed by atoms with van der Waals surface area (Å²) < 4.78 is 5.87. The molecular weight excluding hydrogens is 280 g/mol. The minimum atomic E-state index is -0.0590. The van der Waals surface area contributed by atoms with Crippen LogP contribution in [0.2, 0.25) is 0 Å². The Kier molecular flexibility index (Phi) is 4.70. The second kappa shape index (κ2) is 7.09. The van der Waals surface area contributed by atoms with Crippen molar-refractivity contribution in [2.75, 3.05) is 13.1 Å². The summed E-state index contributed by atoms with van der Waals surface area (Å²) >= 11 is 0. The Morgan fingerprint density at radius 3 is 2.73 bits per heavy atom. The molecule has 2 aromatic heterocycles. The van der Waals surface area contributed by atoms with Crippen LogP contribution < -0.4 is 0 Å². The second-order valence-corrected chi connectivity index (χ2v) is 5.21. The molecule has 6 nitrogen and oxygen atoms in total. The number of piperidine rings is 1. The summed E-state index contributed by atoms with van der Waals surface area (Å²) in [6.07, 6.45) is 8.21. The van der Waals surface area contributed by atoms with Gasteiger partial charge in [-0.3, -0.25) is 14.8 Å². The number of amides is 1. The molecule has 114 valence electrons. The van der Waals surface area contributed by atoms with Crippen LogP contribution in [0.25, 0.3) is 0 Å². The number of likely N-dealkylation sites (tertiary alicyclic amines) is 1. The zero-order valence-electron chi connectivity index (χ0n) is 12.3. The van der Waals surface area contributed by atoms with Crippen LogP contribution >= 0.6 is 0 Å². The quantitative estimate of drug-likeness (QED) is 0.859. The van der Waals surface area contributed by atoms with Gasteiger partial charge in [0.05, 0.1) is 24.6 Å². The Hall–Kier alpha value is -2.34. The molecule has 0 aromatic carbocycles. The first-order valence-electron chi connectivity index (χ1n) is 7.40. The molecule has 0 N–H and O–H groups in total. The average Bonchev–Trinajstić information content (AvgIpc) is 2.61. The van der Waals surface area contributed by atoms with Gasteiger partial charge in [-0.25, -0.2) is 4.98 Å². The maximum atomic E-state index is 12.3. The summed E-state index contributed by atoms with van der Waals surface area (Å²) in [4.78, 5) is 26.3. The number of carbonyl (C=O) groups is 1. The second-order valence-electron chi connectivity index (χ2n) is 5.21. The maximum Gasteiger partial charge on any atom is 0.274 e. The molecule has 1 fully saturated rings. The Bertz CT molecular complexity index is 598. The molecule has 0 bridgehead atoms. The van der Waals surface area contributed by atoms with Gasteiger partial charge < -0.3 is 9.64 Å². The van der Waals surface area contributed by atoms with Crippen LogP contribution in [-0.2, 0) is 11.3 Å². The van der Waals surface area contributed by atoms with Crippen molar-refractivity contribution in [3.63, 3.8) is 0 Å². The van der Waals surface area contributed by atoms with E-state index in [1.165, 1.54) is 12.4 Å². The van der Waals surface area contributed by atoms with E-state index in [0.717, 1.165) is 18.5 Å². The summed E-state index contributed by atoms with van der Waals surface area (Å²) in [5.41, 5.74) is 1.33. The summed E-state index contributed by atoms with van der Waals surface area (Å²) in [5, 5.41) is 0. The molecule has 2 aromatic rings. The first kappa shape index (κ1) is 14.6. The van der Waals surface area contributed by atoms with Gasteiger partial charge in [0.15, 0.2) is 0 Å². The van der Waals surface area contributed by atoms with E-state index in [0.29, 0.717) is 25.4 Å². The number of hydrogen-bond donors (Lipinski definition) is 0. The van der Waals surface area contributed by atoms with Gasteiger partial charge in [0, 0.05) is 31.7 Å². The van der Waals surface area contributed by atoms with E-state index in [4.69, 9.17) is 4.74 Å². The third kappa shape index (κ3) is 3.65.